The van der Waals surface area contributed by atoms with Gasteiger partial charge in [0.2, 0.25) is 0 Å². The van der Waals surface area contributed by atoms with Crippen molar-refractivity contribution in [3.8, 4) is 10.4 Å². The monoisotopic (exact) mass is 349 g/mol. The summed E-state index contributed by atoms with van der Waals surface area (Å²) in [5, 5.41) is 9.67. The van der Waals surface area contributed by atoms with Crippen LogP contribution in [0, 0.1) is 11.2 Å². The topological polar surface area (TPSA) is 32.7 Å². The lowest BCUT2D eigenvalue weighted by molar-refractivity contribution is -0.151. The molecule has 0 aliphatic carbocycles. The molecular weight excluding hydrogens is 325 g/mol. The standard InChI is InChI=1S/C19H24FNO2S/c1-14(2)21(10-19(11-22)12-23-13-19)9-15-7-8-18(24-15)16-5-3-4-6-17(16)20/h3-8,14,22H,9-13H2,1-2H3. The molecule has 130 valence electrons. The lowest BCUT2D eigenvalue weighted by atomic mass is 9.86. The second kappa shape index (κ2) is 7.31. The van der Waals surface area contributed by atoms with Gasteiger partial charge >= 0.3 is 0 Å². The molecule has 1 aliphatic rings. The highest BCUT2D eigenvalue weighted by Gasteiger charge is 2.40. The molecule has 0 spiro atoms. The maximum atomic E-state index is 14.0. The summed E-state index contributed by atoms with van der Waals surface area (Å²) in [5.74, 6) is -0.183. The van der Waals surface area contributed by atoms with E-state index in [2.05, 4.69) is 24.8 Å². The summed E-state index contributed by atoms with van der Waals surface area (Å²) in [4.78, 5) is 4.52. The number of hydrogen-bond donors (Lipinski definition) is 1. The fourth-order valence-electron chi connectivity index (χ4n) is 2.94. The van der Waals surface area contributed by atoms with E-state index in [4.69, 9.17) is 4.74 Å². The van der Waals surface area contributed by atoms with Crippen LogP contribution in [0.2, 0.25) is 0 Å². The number of aliphatic hydroxyl groups is 1. The molecule has 5 heteroatoms. The summed E-state index contributed by atoms with van der Waals surface area (Å²) < 4.78 is 19.3. The lowest BCUT2D eigenvalue weighted by Crippen LogP contribution is -2.54. The zero-order valence-electron chi connectivity index (χ0n) is 14.2. The number of thiophene rings is 1. The van der Waals surface area contributed by atoms with Crippen LogP contribution < -0.4 is 0 Å². The second-order valence-electron chi connectivity index (χ2n) is 6.90. The highest BCUT2D eigenvalue weighted by atomic mass is 32.1. The molecule has 0 atom stereocenters. The van der Waals surface area contributed by atoms with Gasteiger partial charge in [-0.05, 0) is 32.0 Å². The summed E-state index contributed by atoms with van der Waals surface area (Å²) in [6.07, 6.45) is 0. The molecule has 2 aromatic rings. The van der Waals surface area contributed by atoms with E-state index in [0.717, 1.165) is 18.0 Å². The number of ether oxygens (including phenoxy) is 1. The van der Waals surface area contributed by atoms with E-state index >= 15 is 0 Å². The summed E-state index contributed by atoms with van der Waals surface area (Å²) in [6, 6.07) is 11.3. The smallest absolute Gasteiger partial charge is 0.131 e. The molecule has 1 aliphatic heterocycles. The molecule has 0 saturated carbocycles. The Morgan fingerprint density at radius 3 is 2.58 bits per heavy atom. The Hall–Kier alpha value is -1.27. The molecule has 3 rings (SSSR count). The number of hydrogen-bond acceptors (Lipinski definition) is 4. The summed E-state index contributed by atoms with van der Waals surface area (Å²) in [6.45, 7) is 7.34. The number of rotatable bonds is 7. The Morgan fingerprint density at radius 1 is 1.25 bits per heavy atom. The van der Waals surface area contributed by atoms with E-state index < -0.39 is 0 Å². The highest BCUT2D eigenvalue weighted by molar-refractivity contribution is 7.15. The fourth-order valence-corrected chi connectivity index (χ4v) is 4.00. The molecule has 2 heterocycles. The maximum Gasteiger partial charge on any atom is 0.131 e. The van der Waals surface area contributed by atoms with Crippen LogP contribution in [0.3, 0.4) is 0 Å². The molecule has 0 unspecified atom stereocenters. The average Bonchev–Trinajstić information content (AvgIpc) is 2.98. The number of aliphatic hydroxyl groups excluding tert-OH is 1. The molecule has 3 nitrogen and oxygen atoms in total. The number of halogens is 1. The minimum absolute atomic E-state index is 0.129. The molecule has 0 bridgehead atoms. The minimum Gasteiger partial charge on any atom is -0.396 e. The van der Waals surface area contributed by atoms with Crippen molar-refractivity contribution < 1.29 is 14.2 Å². The second-order valence-corrected chi connectivity index (χ2v) is 8.06. The fraction of sp³-hybridized carbons (Fsp3) is 0.474. The van der Waals surface area contributed by atoms with E-state index in [9.17, 15) is 9.50 Å². The van der Waals surface area contributed by atoms with Gasteiger partial charge in [0.25, 0.3) is 0 Å². The Bertz CT molecular complexity index is 676. The van der Waals surface area contributed by atoms with Crippen LogP contribution in [0.1, 0.15) is 18.7 Å². The van der Waals surface area contributed by atoms with Gasteiger partial charge in [0.15, 0.2) is 0 Å². The third kappa shape index (κ3) is 3.70. The molecular formula is C19H24FNO2S. The van der Waals surface area contributed by atoms with Crippen molar-refractivity contribution in [2.45, 2.75) is 26.4 Å². The third-order valence-electron chi connectivity index (χ3n) is 4.58. The van der Waals surface area contributed by atoms with E-state index in [0.29, 0.717) is 24.8 Å². The van der Waals surface area contributed by atoms with Gasteiger partial charge < -0.3 is 9.84 Å². The van der Waals surface area contributed by atoms with Crippen LogP contribution in [-0.4, -0.2) is 42.4 Å². The molecule has 0 radical (unpaired) electrons. The molecule has 1 aromatic carbocycles. The van der Waals surface area contributed by atoms with Crippen LogP contribution in [0.4, 0.5) is 4.39 Å². The molecule has 1 N–H and O–H groups in total. The maximum absolute atomic E-state index is 14.0. The van der Waals surface area contributed by atoms with E-state index in [1.54, 1.807) is 17.4 Å². The first kappa shape index (κ1) is 17.5. The summed E-state index contributed by atoms with van der Waals surface area (Å²) >= 11 is 1.63. The van der Waals surface area contributed by atoms with Crippen LogP contribution in [0.15, 0.2) is 36.4 Å². The largest absolute Gasteiger partial charge is 0.396 e. The Labute approximate surface area is 146 Å². The van der Waals surface area contributed by atoms with E-state index in [-0.39, 0.29) is 17.8 Å². The number of benzene rings is 1. The lowest BCUT2D eigenvalue weighted by Gasteiger charge is -2.44. The highest BCUT2D eigenvalue weighted by Crippen LogP contribution is 2.33. The van der Waals surface area contributed by atoms with Crippen LogP contribution in [0.25, 0.3) is 10.4 Å². The van der Waals surface area contributed by atoms with Crippen LogP contribution in [-0.2, 0) is 11.3 Å². The normalized spacial score (nSPS) is 16.6. The van der Waals surface area contributed by atoms with Crippen molar-refractivity contribution in [3.63, 3.8) is 0 Å². The van der Waals surface area contributed by atoms with Crippen LogP contribution in [0.5, 0.6) is 0 Å². The summed E-state index contributed by atoms with van der Waals surface area (Å²) in [5.41, 5.74) is 0.527. The first-order chi connectivity index (χ1) is 11.5. The molecule has 1 saturated heterocycles. The average molecular weight is 349 g/mol. The first-order valence-corrected chi connectivity index (χ1v) is 9.11. The van der Waals surface area contributed by atoms with Crippen molar-refractivity contribution in [3.05, 3.63) is 47.1 Å². The van der Waals surface area contributed by atoms with Crippen molar-refractivity contribution in [2.75, 3.05) is 26.4 Å². The third-order valence-corrected chi connectivity index (χ3v) is 5.68. The van der Waals surface area contributed by atoms with E-state index in [1.807, 2.05) is 18.2 Å². The first-order valence-electron chi connectivity index (χ1n) is 8.29. The van der Waals surface area contributed by atoms with Gasteiger partial charge in [-0.2, -0.15) is 0 Å². The predicted molar refractivity (Wildman–Crippen MR) is 95.6 cm³/mol. The summed E-state index contributed by atoms with van der Waals surface area (Å²) in [7, 11) is 0. The van der Waals surface area contributed by atoms with Gasteiger partial charge in [0, 0.05) is 34.4 Å². The van der Waals surface area contributed by atoms with Crippen molar-refractivity contribution in [2.24, 2.45) is 5.41 Å². The van der Waals surface area contributed by atoms with Gasteiger partial charge in [0.05, 0.1) is 25.2 Å². The zero-order chi connectivity index (χ0) is 17.2. The molecule has 0 amide bonds. The van der Waals surface area contributed by atoms with Crippen molar-refractivity contribution in [1.29, 1.82) is 0 Å². The molecule has 1 fully saturated rings. The Kier molecular flexibility index (Phi) is 5.35. The van der Waals surface area contributed by atoms with E-state index in [1.165, 1.54) is 10.9 Å². The molecule has 24 heavy (non-hydrogen) atoms. The van der Waals surface area contributed by atoms with Crippen LogP contribution >= 0.6 is 11.3 Å². The predicted octanol–water partition coefficient (Wildman–Crippen LogP) is 3.77. The SMILES string of the molecule is CC(C)N(Cc1ccc(-c2ccccc2F)s1)CC1(CO)COC1. The quantitative estimate of drug-likeness (QED) is 0.826. The van der Waals surface area contributed by atoms with Gasteiger partial charge in [0.1, 0.15) is 5.82 Å². The van der Waals surface area contributed by atoms with Crippen molar-refractivity contribution in [1.82, 2.24) is 4.90 Å². The van der Waals surface area contributed by atoms with Gasteiger partial charge in [-0.3, -0.25) is 4.90 Å². The number of nitrogens with zero attached hydrogens (tertiary/aromatic N) is 1. The van der Waals surface area contributed by atoms with Gasteiger partial charge in [-0.15, -0.1) is 11.3 Å². The molecule has 1 aromatic heterocycles. The van der Waals surface area contributed by atoms with Gasteiger partial charge in [-0.1, -0.05) is 18.2 Å². The van der Waals surface area contributed by atoms with Crippen molar-refractivity contribution >= 4 is 11.3 Å². The minimum atomic E-state index is -0.183. The zero-order valence-corrected chi connectivity index (χ0v) is 15.0. The van der Waals surface area contributed by atoms with Gasteiger partial charge in [-0.25, -0.2) is 4.39 Å². The Morgan fingerprint density at radius 2 is 2.00 bits per heavy atom. The Balaban J connectivity index is 1.73.